The van der Waals surface area contributed by atoms with Crippen molar-refractivity contribution in [2.45, 2.75) is 0 Å². The molecule has 0 radical (unpaired) electrons. The van der Waals surface area contributed by atoms with Crippen molar-refractivity contribution in [1.82, 2.24) is 15.0 Å². The van der Waals surface area contributed by atoms with Crippen LogP contribution in [0.1, 0.15) is 0 Å². The predicted octanol–water partition coefficient (Wildman–Crippen LogP) is 1.52. The minimum atomic E-state index is -0.637. The van der Waals surface area contributed by atoms with Crippen LogP contribution in [-0.4, -0.2) is 27.0 Å². The average Bonchev–Trinajstić information content (AvgIpc) is 2.48. The number of para-hydroxylation sites is 1. The van der Waals surface area contributed by atoms with Crippen LogP contribution in [0.5, 0.6) is 17.8 Å². The zero-order valence-corrected chi connectivity index (χ0v) is 11.4. The van der Waals surface area contributed by atoms with Gasteiger partial charge in [-0.1, -0.05) is 17.7 Å². The number of nitro benzene ring substituents is 1. The van der Waals surface area contributed by atoms with Gasteiger partial charge in [-0.25, -0.2) is 5.84 Å². The van der Waals surface area contributed by atoms with Gasteiger partial charge >= 0.3 is 17.7 Å². The van der Waals surface area contributed by atoms with E-state index in [1.54, 1.807) is 0 Å². The highest BCUT2D eigenvalue weighted by Crippen LogP contribution is 2.37. The minimum absolute atomic E-state index is 0.0332. The monoisotopic (exact) mass is 312 g/mol. The van der Waals surface area contributed by atoms with E-state index in [9.17, 15) is 10.1 Å². The SMILES string of the molecule is COc1nc(NN)nc(Oc2c(Cl)cccc2[N+](=O)[O-])n1. The summed E-state index contributed by atoms with van der Waals surface area (Å²) in [6.07, 6.45) is 0. The summed E-state index contributed by atoms with van der Waals surface area (Å²) >= 11 is 5.90. The lowest BCUT2D eigenvalue weighted by Gasteiger charge is -2.08. The van der Waals surface area contributed by atoms with Gasteiger partial charge in [-0.3, -0.25) is 15.5 Å². The zero-order chi connectivity index (χ0) is 15.4. The number of benzene rings is 1. The van der Waals surface area contributed by atoms with Crippen LogP contribution in [0, 0.1) is 10.1 Å². The van der Waals surface area contributed by atoms with E-state index in [2.05, 4.69) is 20.4 Å². The lowest BCUT2D eigenvalue weighted by molar-refractivity contribution is -0.385. The van der Waals surface area contributed by atoms with Crippen molar-refractivity contribution in [1.29, 1.82) is 0 Å². The smallest absolute Gasteiger partial charge is 0.330 e. The van der Waals surface area contributed by atoms with Crippen molar-refractivity contribution in [3.8, 4) is 17.8 Å². The molecule has 11 heteroatoms. The lowest BCUT2D eigenvalue weighted by atomic mass is 10.3. The maximum absolute atomic E-state index is 11.0. The standard InChI is InChI=1S/C10H9ClN6O4/c1-20-9-13-8(16-12)14-10(15-9)21-7-5(11)3-2-4-6(7)17(18)19/h2-4H,12H2,1H3,(H,13,14,15,16). The molecule has 1 aromatic heterocycles. The van der Waals surface area contributed by atoms with E-state index in [-0.39, 0.29) is 34.4 Å². The summed E-state index contributed by atoms with van der Waals surface area (Å²) in [5.41, 5.74) is 1.86. The van der Waals surface area contributed by atoms with Gasteiger partial charge in [-0.05, 0) is 6.07 Å². The maximum Gasteiger partial charge on any atom is 0.330 e. The molecular formula is C10H9ClN6O4. The number of nitrogens with zero attached hydrogens (tertiary/aromatic N) is 4. The third-order valence-electron chi connectivity index (χ3n) is 2.24. The zero-order valence-electron chi connectivity index (χ0n) is 10.6. The molecular weight excluding hydrogens is 304 g/mol. The molecule has 0 aliphatic carbocycles. The van der Waals surface area contributed by atoms with Crippen LogP contribution in [0.15, 0.2) is 18.2 Å². The van der Waals surface area contributed by atoms with Crippen LogP contribution in [-0.2, 0) is 0 Å². The number of nitro groups is 1. The molecule has 0 atom stereocenters. The van der Waals surface area contributed by atoms with E-state index in [1.165, 1.54) is 25.3 Å². The summed E-state index contributed by atoms with van der Waals surface area (Å²) in [4.78, 5) is 21.7. The normalized spacial score (nSPS) is 10.0. The van der Waals surface area contributed by atoms with E-state index in [4.69, 9.17) is 26.9 Å². The fourth-order valence-corrected chi connectivity index (χ4v) is 1.58. The summed E-state index contributed by atoms with van der Waals surface area (Å²) < 4.78 is 10.1. The summed E-state index contributed by atoms with van der Waals surface area (Å²) in [7, 11) is 1.33. The highest BCUT2D eigenvalue weighted by molar-refractivity contribution is 6.32. The highest BCUT2D eigenvalue weighted by Gasteiger charge is 2.21. The molecule has 2 aromatic rings. The van der Waals surface area contributed by atoms with Gasteiger partial charge in [0.05, 0.1) is 17.1 Å². The molecule has 0 unspecified atom stereocenters. The molecule has 0 bridgehead atoms. The number of hydrogen-bond donors (Lipinski definition) is 2. The van der Waals surface area contributed by atoms with Crippen LogP contribution < -0.4 is 20.7 Å². The van der Waals surface area contributed by atoms with Crippen molar-refractivity contribution >= 4 is 23.2 Å². The molecule has 0 fully saturated rings. The Balaban J connectivity index is 2.45. The van der Waals surface area contributed by atoms with Crippen LogP contribution in [0.25, 0.3) is 0 Å². The summed E-state index contributed by atoms with van der Waals surface area (Å²) in [6.45, 7) is 0. The second kappa shape index (κ2) is 6.15. The number of ether oxygens (including phenoxy) is 2. The number of nitrogen functional groups attached to an aromatic ring is 1. The first-order valence-electron chi connectivity index (χ1n) is 5.42. The number of anilines is 1. The number of hydrogen-bond acceptors (Lipinski definition) is 9. The van der Waals surface area contributed by atoms with E-state index < -0.39 is 4.92 Å². The Morgan fingerprint density at radius 1 is 1.33 bits per heavy atom. The molecule has 0 aliphatic rings. The largest absolute Gasteiger partial charge is 0.467 e. The first kappa shape index (κ1) is 14.7. The van der Waals surface area contributed by atoms with Crippen molar-refractivity contribution in [3.63, 3.8) is 0 Å². The molecule has 1 heterocycles. The summed E-state index contributed by atoms with van der Waals surface area (Å²) in [5.74, 6) is 4.97. The fraction of sp³-hybridized carbons (Fsp3) is 0.100. The molecule has 110 valence electrons. The molecule has 21 heavy (non-hydrogen) atoms. The number of halogens is 1. The molecule has 0 saturated heterocycles. The quantitative estimate of drug-likeness (QED) is 0.477. The number of nitrogens with two attached hydrogens (primary N) is 1. The van der Waals surface area contributed by atoms with Crippen LogP contribution in [0.3, 0.4) is 0 Å². The summed E-state index contributed by atoms with van der Waals surface area (Å²) in [5, 5.41) is 11.0. The van der Waals surface area contributed by atoms with E-state index in [1.807, 2.05) is 0 Å². The topological polar surface area (TPSA) is 138 Å². The molecule has 0 spiro atoms. The minimum Gasteiger partial charge on any atom is -0.467 e. The van der Waals surface area contributed by atoms with Crippen LogP contribution in [0.4, 0.5) is 11.6 Å². The van der Waals surface area contributed by atoms with Gasteiger partial charge in [0.2, 0.25) is 11.7 Å². The van der Waals surface area contributed by atoms with Gasteiger partial charge in [0.15, 0.2) is 0 Å². The Bertz CT molecular complexity index is 660. The van der Waals surface area contributed by atoms with Crippen molar-refractivity contribution < 1.29 is 14.4 Å². The fourth-order valence-electron chi connectivity index (χ4n) is 1.37. The van der Waals surface area contributed by atoms with Crippen molar-refractivity contribution in [2.24, 2.45) is 5.84 Å². The molecule has 2 rings (SSSR count). The third kappa shape index (κ3) is 3.24. The number of methoxy groups -OCH3 is 1. The van der Waals surface area contributed by atoms with Crippen LogP contribution in [0.2, 0.25) is 5.02 Å². The van der Waals surface area contributed by atoms with E-state index >= 15 is 0 Å². The van der Waals surface area contributed by atoms with Crippen LogP contribution >= 0.6 is 11.6 Å². The molecule has 0 aliphatic heterocycles. The van der Waals surface area contributed by atoms with Gasteiger partial charge in [0, 0.05) is 6.07 Å². The lowest BCUT2D eigenvalue weighted by Crippen LogP contribution is -2.12. The summed E-state index contributed by atoms with van der Waals surface area (Å²) in [6, 6.07) is 3.76. The first-order valence-corrected chi connectivity index (χ1v) is 5.80. The molecule has 0 amide bonds. The highest BCUT2D eigenvalue weighted by atomic mass is 35.5. The molecule has 10 nitrogen and oxygen atoms in total. The van der Waals surface area contributed by atoms with Crippen molar-refractivity contribution in [3.05, 3.63) is 33.3 Å². The van der Waals surface area contributed by atoms with Gasteiger partial charge in [-0.15, -0.1) is 4.98 Å². The molecule has 0 saturated carbocycles. The molecule has 3 N–H and O–H groups in total. The second-order valence-corrected chi connectivity index (χ2v) is 3.93. The third-order valence-corrected chi connectivity index (χ3v) is 2.54. The Labute approximate surface area is 123 Å². The van der Waals surface area contributed by atoms with Gasteiger partial charge in [0.1, 0.15) is 0 Å². The Morgan fingerprint density at radius 2 is 2.05 bits per heavy atom. The van der Waals surface area contributed by atoms with Gasteiger partial charge < -0.3 is 9.47 Å². The Kier molecular flexibility index (Phi) is 4.30. The Morgan fingerprint density at radius 3 is 2.67 bits per heavy atom. The second-order valence-electron chi connectivity index (χ2n) is 3.52. The van der Waals surface area contributed by atoms with Gasteiger partial charge in [-0.2, -0.15) is 9.97 Å². The van der Waals surface area contributed by atoms with E-state index in [0.29, 0.717) is 0 Å². The predicted molar refractivity (Wildman–Crippen MR) is 72.4 cm³/mol. The first-order chi connectivity index (χ1) is 10.0. The van der Waals surface area contributed by atoms with Crippen molar-refractivity contribution in [2.75, 3.05) is 12.5 Å². The number of rotatable bonds is 5. The number of hydrazine groups is 1. The Hall–Kier alpha value is -2.72. The average molecular weight is 313 g/mol. The molecule has 1 aromatic carbocycles. The van der Waals surface area contributed by atoms with Gasteiger partial charge in [0.25, 0.3) is 0 Å². The maximum atomic E-state index is 11.0. The number of aromatic nitrogens is 3. The van der Waals surface area contributed by atoms with E-state index in [0.717, 1.165) is 0 Å². The number of nitrogens with one attached hydrogen (secondary N) is 1.